The van der Waals surface area contributed by atoms with Gasteiger partial charge in [0, 0.05) is 31.4 Å². The van der Waals surface area contributed by atoms with Crippen molar-refractivity contribution in [3.8, 4) is 10.4 Å². The van der Waals surface area contributed by atoms with Gasteiger partial charge in [-0.2, -0.15) is 8.42 Å². The van der Waals surface area contributed by atoms with E-state index in [1.54, 1.807) is 36.4 Å². The number of sulfonamides is 1. The standard InChI is InChI=1S/C16H16N2O4S3/c1-17(2)24(19,20)14-7-5-13(6-8-14)15-9-10-16(23-15)25(21,22)18-11-3-4-12-18/h3-12H,1-2H3. The third kappa shape index (κ3) is 3.28. The predicted molar refractivity (Wildman–Crippen MR) is 97.6 cm³/mol. The van der Waals surface area contributed by atoms with Crippen molar-refractivity contribution in [2.45, 2.75) is 9.10 Å². The smallest absolute Gasteiger partial charge is 0.248 e. The summed E-state index contributed by atoms with van der Waals surface area (Å²) in [6.45, 7) is 0. The molecular formula is C16H16N2O4S3. The Balaban J connectivity index is 1.94. The molecule has 2 aromatic heterocycles. The third-order valence-electron chi connectivity index (χ3n) is 3.61. The van der Waals surface area contributed by atoms with E-state index >= 15 is 0 Å². The second-order valence-corrected chi connectivity index (χ2v) is 10.8. The normalized spacial score (nSPS) is 12.6. The minimum atomic E-state index is -3.59. The Morgan fingerprint density at radius 1 is 0.880 bits per heavy atom. The number of thiophene rings is 1. The van der Waals surface area contributed by atoms with E-state index in [0.717, 1.165) is 30.1 Å². The Morgan fingerprint density at radius 3 is 2.04 bits per heavy atom. The van der Waals surface area contributed by atoms with Crippen LogP contribution in [0, 0.1) is 0 Å². The highest BCUT2D eigenvalue weighted by atomic mass is 32.2. The summed E-state index contributed by atoms with van der Waals surface area (Å²) in [4.78, 5) is 0.942. The fourth-order valence-corrected chi connectivity index (χ4v) is 5.70. The lowest BCUT2D eigenvalue weighted by Crippen LogP contribution is -2.22. The van der Waals surface area contributed by atoms with Gasteiger partial charge in [0.25, 0.3) is 10.0 Å². The highest BCUT2D eigenvalue weighted by molar-refractivity contribution is 7.92. The van der Waals surface area contributed by atoms with Gasteiger partial charge in [-0.25, -0.2) is 16.7 Å². The van der Waals surface area contributed by atoms with Crippen LogP contribution in [-0.4, -0.2) is 39.2 Å². The first-order chi connectivity index (χ1) is 11.7. The summed E-state index contributed by atoms with van der Waals surface area (Å²) in [6, 6.07) is 13.0. The van der Waals surface area contributed by atoms with Crippen LogP contribution in [0.3, 0.4) is 0 Å². The zero-order valence-corrected chi connectivity index (χ0v) is 16.0. The van der Waals surface area contributed by atoms with E-state index in [9.17, 15) is 16.8 Å². The number of hydrogen-bond donors (Lipinski definition) is 0. The van der Waals surface area contributed by atoms with Crippen LogP contribution in [0.15, 0.2) is 70.0 Å². The van der Waals surface area contributed by atoms with E-state index < -0.39 is 20.0 Å². The number of aromatic nitrogens is 1. The Morgan fingerprint density at radius 2 is 1.48 bits per heavy atom. The lowest BCUT2D eigenvalue weighted by Gasteiger charge is -2.11. The van der Waals surface area contributed by atoms with Crippen LogP contribution >= 0.6 is 11.3 Å². The maximum absolute atomic E-state index is 12.5. The Hall–Kier alpha value is -1.94. The first-order valence-electron chi connectivity index (χ1n) is 7.24. The number of benzene rings is 1. The summed E-state index contributed by atoms with van der Waals surface area (Å²) in [7, 11) is -4.13. The van der Waals surface area contributed by atoms with Crippen molar-refractivity contribution < 1.29 is 16.8 Å². The van der Waals surface area contributed by atoms with Gasteiger partial charge in [-0.1, -0.05) is 12.1 Å². The molecule has 0 amide bonds. The van der Waals surface area contributed by atoms with Crippen molar-refractivity contribution in [2.24, 2.45) is 0 Å². The van der Waals surface area contributed by atoms with E-state index in [1.807, 2.05) is 0 Å². The van der Waals surface area contributed by atoms with E-state index in [1.165, 1.54) is 38.6 Å². The fraction of sp³-hybridized carbons (Fsp3) is 0.125. The van der Waals surface area contributed by atoms with E-state index in [4.69, 9.17) is 0 Å². The van der Waals surface area contributed by atoms with Crippen LogP contribution in [0.5, 0.6) is 0 Å². The lowest BCUT2D eigenvalue weighted by molar-refractivity contribution is 0.521. The Kier molecular flexibility index (Phi) is 4.58. The average molecular weight is 397 g/mol. The highest BCUT2D eigenvalue weighted by Gasteiger charge is 2.20. The molecule has 6 nitrogen and oxygen atoms in total. The summed E-state index contributed by atoms with van der Waals surface area (Å²) in [5.41, 5.74) is 0.761. The number of hydrogen-bond acceptors (Lipinski definition) is 5. The van der Waals surface area contributed by atoms with Crippen molar-refractivity contribution in [1.82, 2.24) is 8.28 Å². The van der Waals surface area contributed by atoms with Gasteiger partial charge in [0.15, 0.2) is 0 Å². The van der Waals surface area contributed by atoms with Gasteiger partial charge in [-0.05, 0) is 42.0 Å². The molecule has 0 unspecified atom stereocenters. The summed E-state index contributed by atoms with van der Waals surface area (Å²) in [5, 5.41) is 0. The molecule has 0 saturated heterocycles. The Bertz CT molecular complexity index is 1080. The van der Waals surface area contributed by atoms with Crippen LogP contribution in [0.1, 0.15) is 0 Å². The molecule has 0 aliphatic rings. The molecule has 0 radical (unpaired) electrons. The van der Waals surface area contributed by atoms with Crippen LogP contribution < -0.4 is 0 Å². The quantitative estimate of drug-likeness (QED) is 0.664. The molecule has 0 aliphatic carbocycles. The second-order valence-electron chi connectivity index (χ2n) is 5.45. The molecule has 0 N–H and O–H groups in total. The molecule has 0 fully saturated rings. The molecule has 3 aromatic rings. The van der Waals surface area contributed by atoms with Crippen LogP contribution in [0.2, 0.25) is 0 Å². The summed E-state index contributed by atoms with van der Waals surface area (Å²) in [6.07, 6.45) is 2.96. The van der Waals surface area contributed by atoms with Gasteiger partial charge >= 0.3 is 0 Å². The minimum Gasteiger partial charge on any atom is -0.248 e. The lowest BCUT2D eigenvalue weighted by atomic mass is 10.2. The molecule has 9 heteroatoms. The van der Waals surface area contributed by atoms with Crippen molar-refractivity contribution in [3.63, 3.8) is 0 Å². The van der Waals surface area contributed by atoms with Gasteiger partial charge in [-0.15, -0.1) is 11.3 Å². The highest BCUT2D eigenvalue weighted by Crippen LogP contribution is 2.32. The third-order valence-corrected chi connectivity index (χ3v) is 8.69. The molecule has 0 bridgehead atoms. The van der Waals surface area contributed by atoms with Gasteiger partial charge < -0.3 is 0 Å². The first-order valence-corrected chi connectivity index (χ1v) is 10.9. The molecule has 3 rings (SSSR count). The molecule has 132 valence electrons. The molecule has 0 atom stereocenters. The number of nitrogens with zero attached hydrogens (tertiary/aromatic N) is 2. The Labute approximate surface area is 151 Å². The maximum atomic E-state index is 12.5. The maximum Gasteiger partial charge on any atom is 0.277 e. The largest absolute Gasteiger partial charge is 0.277 e. The zero-order valence-electron chi connectivity index (χ0n) is 13.5. The average Bonchev–Trinajstić information content (AvgIpc) is 3.27. The van der Waals surface area contributed by atoms with Crippen LogP contribution in [-0.2, 0) is 20.0 Å². The SMILES string of the molecule is CN(C)S(=O)(=O)c1ccc(-c2ccc(S(=O)(=O)n3cccc3)s2)cc1. The van der Waals surface area contributed by atoms with Crippen molar-refractivity contribution in [2.75, 3.05) is 14.1 Å². The zero-order chi connectivity index (χ0) is 18.2. The van der Waals surface area contributed by atoms with Gasteiger partial charge in [0.1, 0.15) is 4.21 Å². The molecule has 25 heavy (non-hydrogen) atoms. The van der Waals surface area contributed by atoms with Crippen LogP contribution in [0.4, 0.5) is 0 Å². The number of rotatable bonds is 5. The summed E-state index contributed by atoms with van der Waals surface area (Å²) >= 11 is 1.14. The van der Waals surface area contributed by atoms with Gasteiger partial charge in [-0.3, -0.25) is 0 Å². The molecule has 0 spiro atoms. The molecular weight excluding hydrogens is 380 g/mol. The minimum absolute atomic E-state index is 0.193. The van der Waals surface area contributed by atoms with Gasteiger partial charge in [0.05, 0.1) is 4.90 Å². The van der Waals surface area contributed by atoms with E-state index in [-0.39, 0.29) is 9.10 Å². The topological polar surface area (TPSA) is 76.5 Å². The predicted octanol–water partition coefficient (Wildman–Crippen LogP) is 2.70. The first kappa shape index (κ1) is 17.9. The molecule has 0 aliphatic heterocycles. The van der Waals surface area contributed by atoms with Crippen LogP contribution in [0.25, 0.3) is 10.4 Å². The van der Waals surface area contributed by atoms with E-state index in [2.05, 4.69) is 0 Å². The second kappa shape index (κ2) is 6.41. The molecule has 0 saturated carbocycles. The summed E-state index contributed by atoms with van der Waals surface area (Å²) in [5.74, 6) is 0. The van der Waals surface area contributed by atoms with E-state index in [0.29, 0.717) is 0 Å². The van der Waals surface area contributed by atoms with Crippen molar-refractivity contribution >= 4 is 31.4 Å². The molecule has 2 heterocycles. The summed E-state index contributed by atoms with van der Waals surface area (Å²) < 4.78 is 51.7. The monoisotopic (exact) mass is 396 g/mol. The van der Waals surface area contributed by atoms with Crippen molar-refractivity contribution in [3.05, 3.63) is 60.9 Å². The molecule has 1 aromatic carbocycles. The van der Waals surface area contributed by atoms with Crippen molar-refractivity contribution in [1.29, 1.82) is 0 Å². The fourth-order valence-electron chi connectivity index (χ4n) is 2.20. The van der Waals surface area contributed by atoms with Gasteiger partial charge in [0.2, 0.25) is 10.0 Å².